The van der Waals surface area contributed by atoms with Crippen LogP contribution in [0.1, 0.15) is 12.6 Å². The largest absolute Gasteiger partial charge is 0.490 e. The SMILES string of the molecule is CCOCCOc1ccc(C#N)nc1. The summed E-state index contributed by atoms with van der Waals surface area (Å²) in [5.41, 5.74) is 0.391. The van der Waals surface area contributed by atoms with Gasteiger partial charge in [0, 0.05) is 6.61 Å². The van der Waals surface area contributed by atoms with Crippen LogP contribution >= 0.6 is 0 Å². The summed E-state index contributed by atoms with van der Waals surface area (Å²) in [5, 5.41) is 8.50. The summed E-state index contributed by atoms with van der Waals surface area (Å²) in [6.07, 6.45) is 1.53. The van der Waals surface area contributed by atoms with E-state index >= 15 is 0 Å². The number of aromatic nitrogens is 1. The van der Waals surface area contributed by atoms with Gasteiger partial charge in [0.1, 0.15) is 24.1 Å². The Morgan fingerprint density at radius 3 is 2.86 bits per heavy atom. The first kappa shape index (κ1) is 10.5. The molecule has 1 rings (SSSR count). The van der Waals surface area contributed by atoms with Crippen molar-refractivity contribution >= 4 is 0 Å². The zero-order valence-corrected chi connectivity index (χ0v) is 8.06. The van der Waals surface area contributed by atoms with Gasteiger partial charge < -0.3 is 9.47 Å². The Hall–Kier alpha value is -1.60. The molecule has 0 spiro atoms. The van der Waals surface area contributed by atoms with E-state index in [2.05, 4.69) is 4.98 Å². The summed E-state index contributed by atoms with van der Waals surface area (Å²) in [6, 6.07) is 5.28. The summed E-state index contributed by atoms with van der Waals surface area (Å²) in [4.78, 5) is 3.87. The van der Waals surface area contributed by atoms with Gasteiger partial charge in [0.2, 0.25) is 0 Å². The zero-order valence-electron chi connectivity index (χ0n) is 8.06. The molecule has 0 saturated carbocycles. The molecular formula is C10H12N2O2. The molecule has 0 aliphatic heterocycles. The maximum absolute atomic E-state index is 8.50. The highest BCUT2D eigenvalue weighted by Gasteiger charge is 1.95. The van der Waals surface area contributed by atoms with Gasteiger partial charge in [-0.1, -0.05) is 0 Å². The van der Waals surface area contributed by atoms with Gasteiger partial charge in [-0.2, -0.15) is 5.26 Å². The molecule has 1 aromatic heterocycles. The Labute approximate surface area is 83.1 Å². The summed E-state index contributed by atoms with van der Waals surface area (Å²) >= 11 is 0. The normalized spacial score (nSPS) is 9.43. The monoisotopic (exact) mass is 192 g/mol. The first-order chi connectivity index (χ1) is 6.86. The van der Waals surface area contributed by atoms with Crippen LogP contribution in [0.5, 0.6) is 5.75 Å². The lowest BCUT2D eigenvalue weighted by Crippen LogP contribution is -2.06. The van der Waals surface area contributed by atoms with Crippen molar-refractivity contribution in [3.05, 3.63) is 24.0 Å². The van der Waals surface area contributed by atoms with Gasteiger partial charge in [0.15, 0.2) is 0 Å². The van der Waals surface area contributed by atoms with Crippen molar-refractivity contribution in [3.63, 3.8) is 0 Å². The maximum Gasteiger partial charge on any atom is 0.140 e. The molecule has 14 heavy (non-hydrogen) atoms. The van der Waals surface area contributed by atoms with Crippen LogP contribution in [0.2, 0.25) is 0 Å². The average Bonchev–Trinajstić information content (AvgIpc) is 2.25. The molecule has 4 nitrogen and oxygen atoms in total. The molecule has 0 bridgehead atoms. The lowest BCUT2D eigenvalue weighted by Gasteiger charge is -2.04. The van der Waals surface area contributed by atoms with E-state index in [4.69, 9.17) is 14.7 Å². The summed E-state index contributed by atoms with van der Waals surface area (Å²) in [5.74, 6) is 0.656. The van der Waals surface area contributed by atoms with Crippen molar-refractivity contribution in [3.8, 4) is 11.8 Å². The molecule has 0 aliphatic carbocycles. The fourth-order valence-corrected chi connectivity index (χ4v) is 0.895. The van der Waals surface area contributed by atoms with Gasteiger partial charge in [-0.3, -0.25) is 0 Å². The second-order valence-electron chi connectivity index (χ2n) is 2.54. The van der Waals surface area contributed by atoms with Crippen LogP contribution in [0, 0.1) is 11.3 Å². The van der Waals surface area contributed by atoms with Gasteiger partial charge in [0.25, 0.3) is 0 Å². The predicted molar refractivity (Wildman–Crippen MR) is 50.9 cm³/mol. The first-order valence-electron chi connectivity index (χ1n) is 4.43. The Balaban J connectivity index is 2.33. The predicted octanol–water partition coefficient (Wildman–Crippen LogP) is 1.37. The first-order valence-corrected chi connectivity index (χ1v) is 4.43. The van der Waals surface area contributed by atoms with E-state index in [-0.39, 0.29) is 0 Å². The number of hydrogen-bond donors (Lipinski definition) is 0. The number of pyridine rings is 1. The second kappa shape index (κ2) is 5.95. The van der Waals surface area contributed by atoms with Crippen molar-refractivity contribution in [2.75, 3.05) is 19.8 Å². The molecule has 0 amide bonds. The van der Waals surface area contributed by atoms with Gasteiger partial charge in [-0.15, -0.1) is 0 Å². The van der Waals surface area contributed by atoms with Crippen LogP contribution in [-0.4, -0.2) is 24.8 Å². The van der Waals surface area contributed by atoms with Gasteiger partial charge in [0.05, 0.1) is 12.8 Å². The highest BCUT2D eigenvalue weighted by molar-refractivity contribution is 5.26. The number of rotatable bonds is 5. The van der Waals surface area contributed by atoms with Crippen LogP contribution < -0.4 is 4.74 Å². The van der Waals surface area contributed by atoms with Crippen LogP contribution in [0.25, 0.3) is 0 Å². The fraction of sp³-hybridized carbons (Fsp3) is 0.400. The minimum atomic E-state index is 0.391. The topological polar surface area (TPSA) is 55.1 Å². The second-order valence-corrected chi connectivity index (χ2v) is 2.54. The van der Waals surface area contributed by atoms with Gasteiger partial charge in [-0.25, -0.2) is 4.98 Å². The number of ether oxygens (including phenoxy) is 2. The van der Waals surface area contributed by atoms with E-state index in [1.54, 1.807) is 12.1 Å². The highest BCUT2D eigenvalue weighted by atomic mass is 16.5. The molecule has 0 unspecified atom stereocenters. The van der Waals surface area contributed by atoms with E-state index < -0.39 is 0 Å². The van der Waals surface area contributed by atoms with Crippen molar-refractivity contribution in [2.45, 2.75) is 6.92 Å². The van der Waals surface area contributed by atoms with Gasteiger partial charge >= 0.3 is 0 Å². The minimum absolute atomic E-state index is 0.391. The Bertz CT molecular complexity index is 303. The molecule has 0 fully saturated rings. The van der Waals surface area contributed by atoms with Crippen molar-refractivity contribution in [1.82, 2.24) is 4.98 Å². The van der Waals surface area contributed by atoms with E-state index in [0.717, 1.165) is 0 Å². The number of nitrogens with zero attached hydrogens (tertiary/aromatic N) is 2. The average molecular weight is 192 g/mol. The van der Waals surface area contributed by atoms with E-state index in [0.29, 0.717) is 31.3 Å². The lowest BCUT2D eigenvalue weighted by atomic mass is 10.4. The summed E-state index contributed by atoms with van der Waals surface area (Å²) in [7, 11) is 0. The Morgan fingerprint density at radius 2 is 2.29 bits per heavy atom. The fourth-order valence-electron chi connectivity index (χ4n) is 0.895. The molecule has 0 radical (unpaired) electrons. The van der Waals surface area contributed by atoms with E-state index in [1.165, 1.54) is 6.20 Å². The molecule has 0 atom stereocenters. The van der Waals surface area contributed by atoms with Crippen molar-refractivity contribution < 1.29 is 9.47 Å². The summed E-state index contributed by atoms with van der Waals surface area (Å²) in [6.45, 7) is 3.69. The molecule has 0 aliphatic rings. The number of nitriles is 1. The molecule has 74 valence electrons. The third kappa shape index (κ3) is 3.42. The van der Waals surface area contributed by atoms with E-state index in [9.17, 15) is 0 Å². The standard InChI is InChI=1S/C10H12N2O2/c1-2-13-5-6-14-10-4-3-9(7-11)12-8-10/h3-4,8H,2,5-6H2,1H3. The summed E-state index contributed by atoms with van der Waals surface area (Å²) < 4.78 is 10.4. The molecular weight excluding hydrogens is 180 g/mol. The van der Waals surface area contributed by atoms with Crippen molar-refractivity contribution in [1.29, 1.82) is 5.26 Å². The van der Waals surface area contributed by atoms with Crippen LogP contribution in [0.4, 0.5) is 0 Å². The Morgan fingerprint density at radius 1 is 1.43 bits per heavy atom. The minimum Gasteiger partial charge on any atom is -0.490 e. The lowest BCUT2D eigenvalue weighted by molar-refractivity contribution is 0.110. The zero-order chi connectivity index (χ0) is 10.2. The Kier molecular flexibility index (Phi) is 4.45. The third-order valence-electron chi connectivity index (χ3n) is 1.55. The third-order valence-corrected chi connectivity index (χ3v) is 1.55. The quantitative estimate of drug-likeness (QED) is 0.661. The number of hydrogen-bond acceptors (Lipinski definition) is 4. The maximum atomic E-state index is 8.50. The van der Waals surface area contributed by atoms with Crippen molar-refractivity contribution in [2.24, 2.45) is 0 Å². The molecule has 0 saturated heterocycles. The molecule has 0 aromatic carbocycles. The van der Waals surface area contributed by atoms with Crippen LogP contribution in [0.15, 0.2) is 18.3 Å². The van der Waals surface area contributed by atoms with Crippen LogP contribution in [0.3, 0.4) is 0 Å². The van der Waals surface area contributed by atoms with E-state index in [1.807, 2.05) is 13.0 Å². The molecule has 0 N–H and O–H groups in total. The smallest absolute Gasteiger partial charge is 0.140 e. The highest BCUT2D eigenvalue weighted by Crippen LogP contribution is 2.07. The molecule has 1 heterocycles. The molecule has 4 heteroatoms. The van der Waals surface area contributed by atoms with Gasteiger partial charge in [-0.05, 0) is 19.1 Å². The molecule has 1 aromatic rings. The van der Waals surface area contributed by atoms with Crippen LogP contribution in [-0.2, 0) is 4.74 Å².